The fourth-order valence-corrected chi connectivity index (χ4v) is 3.64. The van der Waals surface area contributed by atoms with Crippen LogP contribution in [0.15, 0.2) is 82.9 Å². The molecule has 146 valence electrons. The molecule has 0 atom stereocenters. The number of anilines is 1. The van der Waals surface area contributed by atoms with E-state index in [0.29, 0.717) is 0 Å². The van der Waals surface area contributed by atoms with Gasteiger partial charge >= 0.3 is 0 Å². The molecule has 7 heteroatoms. The van der Waals surface area contributed by atoms with Crippen LogP contribution in [0.1, 0.15) is 11.3 Å². The molecule has 29 heavy (non-hydrogen) atoms. The lowest BCUT2D eigenvalue weighted by Crippen LogP contribution is -1.98. The zero-order valence-electron chi connectivity index (χ0n) is 16.1. The third kappa shape index (κ3) is 4.05. The van der Waals surface area contributed by atoms with Crippen LogP contribution in [0.25, 0.3) is 16.9 Å². The Kier molecular flexibility index (Phi) is 4.90. The quantitative estimate of drug-likeness (QED) is 0.400. The minimum atomic E-state index is -3.25. The summed E-state index contributed by atoms with van der Waals surface area (Å²) in [4.78, 5) is 4.99. The van der Waals surface area contributed by atoms with Crippen molar-refractivity contribution in [3.63, 3.8) is 0 Å². The lowest BCUT2D eigenvalue weighted by Gasteiger charge is -2.03. The molecule has 0 aliphatic rings. The largest absolute Gasteiger partial charge is 0.298 e. The zero-order chi connectivity index (χ0) is 20.4. The number of imidazole rings is 1. The molecule has 0 radical (unpaired) electrons. The van der Waals surface area contributed by atoms with Crippen LogP contribution < -0.4 is 5.43 Å². The summed E-state index contributed by atoms with van der Waals surface area (Å²) in [5.74, 6) is 0. The summed E-state index contributed by atoms with van der Waals surface area (Å²) in [7, 11) is -3.25. The van der Waals surface area contributed by atoms with E-state index in [-0.39, 0.29) is 4.90 Å². The number of aryl methyl sites for hydroxylation is 1. The van der Waals surface area contributed by atoms with Gasteiger partial charge in [-0.1, -0.05) is 35.9 Å². The Hall–Kier alpha value is -3.45. The molecule has 0 spiro atoms. The van der Waals surface area contributed by atoms with Crippen molar-refractivity contribution in [3.8, 4) is 11.3 Å². The van der Waals surface area contributed by atoms with Crippen LogP contribution in [0.5, 0.6) is 0 Å². The highest BCUT2D eigenvalue weighted by molar-refractivity contribution is 7.90. The van der Waals surface area contributed by atoms with Gasteiger partial charge in [0.2, 0.25) is 0 Å². The van der Waals surface area contributed by atoms with Crippen LogP contribution in [0.2, 0.25) is 0 Å². The third-order valence-electron chi connectivity index (χ3n) is 4.55. The summed E-state index contributed by atoms with van der Waals surface area (Å²) in [6.07, 6.45) is 4.84. The first-order valence-electron chi connectivity index (χ1n) is 9.05. The Morgan fingerprint density at radius 2 is 1.72 bits per heavy atom. The molecular formula is C22H20N4O2S. The van der Waals surface area contributed by atoms with E-state index in [1.165, 1.54) is 11.8 Å². The van der Waals surface area contributed by atoms with Crippen LogP contribution in [0, 0.1) is 6.92 Å². The normalized spacial score (nSPS) is 11.9. The van der Waals surface area contributed by atoms with Crippen LogP contribution >= 0.6 is 0 Å². The summed E-state index contributed by atoms with van der Waals surface area (Å²) < 4.78 is 25.4. The van der Waals surface area contributed by atoms with E-state index < -0.39 is 9.84 Å². The Labute approximate surface area is 169 Å². The maximum Gasteiger partial charge on any atom is 0.175 e. The molecule has 2 heterocycles. The van der Waals surface area contributed by atoms with Gasteiger partial charge in [-0.25, -0.2) is 13.4 Å². The van der Waals surface area contributed by atoms with Crippen molar-refractivity contribution in [2.75, 3.05) is 11.7 Å². The minimum Gasteiger partial charge on any atom is -0.298 e. The second kappa shape index (κ2) is 7.52. The van der Waals surface area contributed by atoms with Gasteiger partial charge in [0.15, 0.2) is 9.84 Å². The topological polar surface area (TPSA) is 75.8 Å². The molecule has 4 aromatic rings. The highest BCUT2D eigenvalue weighted by Crippen LogP contribution is 2.25. The Balaban J connectivity index is 1.72. The molecule has 0 fully saturated rings. The summed E-state index contributed by atoms with van der Waals surface area (Å²) in [5, 5.41) is 4.38. The van der Waals surface area contributed by atoms with Crippen LogP contribution in [0.3, 0.4) is 0 Å². The Morgan fingerprint density at radius 3 is 2.41 bits per heavy atom. The number of aromatic nitrogens is 2. The number of nitrogens with zero attached hydrogens (tertiary/aromatic N) is 3. The van der Waals surface area contributed by atoms with Crippen molar-refractivity contribution in [2.24, 2.45) is 5.10 Å². The molecule has 2 aromatic carbocycles. The smallest absolute Gasteiger partial charge is 0.175 e. The van der Waals surface area contributed by atoms with E-state index in [4.69, 9.17) is 4.98 Å². The molecule has 4 rings (SSSR count). The number of nitrogens with one attached hydrogen (secondary N) is 1. The Morgan fingerprint density at radius 1 is 1.00 bits per heavy atom. The van der Waals surface area contributed by atoms with Crippen molar-refractivity contribution in [1.29, 1.82) is 0 Å². The highest BCUT2D eigenvalue weighted by atomic mass is 32.2. The number of benzene rings is 2. The molecule has 0 saturated carbocycles. The van der Waals surface area contributed by atoms with E-state index in [9.17, 15) is 8.42 Å². The van der Waals surface area contributed by atoms with E-state index >= 15 is 0 Å². The summed E-state index contributed by atoms with van der Waals surface area (Å²) in [5.41, 5.74) is 8.23. The molecular weight excluding hydrogens is 384 g/mol. The first-order chi connectivity index (χ1) is 13.9. The molecule has 1 N–H and O–H groups in total. The van der Waals surface area contributed by atoms with Gasteiger partial charge in [-0.05, 0) is 43.3 Å². The number of fused-ring (bicyclic) bond motifs is 1. The van der Waals surface area contributed by atoms with Gasteiger partial charge < -0.3 is 0 Å². The van der Waals surface area contributed by atoms with Crippen LogP contribution in [0.4, 0.5) is 5.69 Å². The van der Waals surface area contributed by atoms with Gasteiger partial charge in [-0.15, -0.1) is 0 Å². The van der Waals surface area contributed by atoms with Crippen molar-refractivity contribution < 1.29 is 8.42 Å². The van der Waals surface area contributed by atoms with Gasteiger partial charge in [0, 0.05) is 18.0 Å². The summed E-state index contributed by atoms with van der Waals surface area (Å²) >= 11 is 0. The number of hydrazone groups is 1. The van der Waals surface area contributed by atoms with Crippen LogP contribution in [-0.2, 0) is 9.84 Å². The average Bonchev–Trinajstić information content (AvgIpc) is 3.08. The molecule has 0 amide bonds. The maximum absolute atomic E-state index is 11.7. The van der Waals surface area contributed by atoms with Gasteiger partial charge in [0.25, 0.3) is 0 Å². The molecule has 0 aliphatic carbocycles. The maximum atomic E-state index is 11.7. The second-order valence-electron chi connectivity index (χ2n) is 6.81. The zero-order valence-corrected chi connectivity index (χ0v) is 16.9. The number of pyridine rings is 1. The minimum absolute atomic E-state index is 0.279. The van der Waals surface area contributed by atoms with Crippen molar-refractivity contribution in [2.45, 2.75) is 11.8 Å². The molecule has 6 nitrogen and oxygen atoms in total. The molecule has 0 aliphatic heterocycles. The second-order valence-corrected chi connectivity index (χ2v) is 8.82. The molecule has 0 bridgehead atoms. The van der Waals surface area contributed by atoms with Gasteiger partial charge in [-0.2, -0.15) is 5.10 Å². The monoisotopic (exact) mass is 404 g/mol. The highest BCUT2D eigenvalue weighted by Gasteiger charge is 2.14. The summed E-state index contributed by atoms with van der Waals surface area (Å²) in [6.45, 7) is 2.03. The lowest BCUT2D eigenvalue weighted by atomic mass is 10.1. The van der Waals surface area contributed by atoms with Gasteiger partial charge in [0.05, 0.1) is 28.2 Å². The first kappa shape index (κ1) is 18.9. The van der Waals surface area contributed by atoms with E-state index in [2.05, 4.69) is 10.5 Å². The predicted molar refractivity (Wildman–Crippen MR) is 116 cm³/mol. The molecule has 0 unspecified atom stereocenters. The van der Waals surface area contributed by atoms with Gasteiger partial charge in [-0.3, -0.25) is 9.83 Å². The first-order valence-corrected chi connectivity index (χ1v) is 10.9. The fraction of sp³-hybridized carbons (Fsp3) is 0.0909. The number of sulfone groups is 1. The van der Waals surface area contributed by atoms with E-state index in [1.54, 1.807) is 30.5 Å². The van der Waals surface area contributed by atoms with Crippen molar-refractivity contribution in [3.05, 3.63) is 84.2 Å². The standard InChI is InChI=1S/C22H20N4O2S/c1-16-6-10-18(11-7-16)25-23-15-20-22(24-21-5-3-4-14-26(20)21)17-8-12-19(13-9-17)29(2,27)28/h3-15,25H,1-2H3/b23-15+. The predicted octanol–water partition coefficient (Wildman–Crippen LogP) is 4.16. The fourth-order valence-electron chi connectivity index (χ4n) is 3.01. The number of rotatable bonds is 5. The number of hydrogen-bond donors (Lipinski definition) is 1. The number of hydrogen-bond acceptors (Lipinski definition) is 5. The third-order valence-corrected chi connectivity index (χ3v) is 5.68. The average molecular weight is 404 g/mol. The molecule has 0 saturated heterocycles. The van der Waals surface area contributed by atoms with Crippen molar-refractivity contribution >= 4 is 27.4 Å². The van der Waals surface area contributed by atoms with Gasteiger partial charge in [0.1, 0.15) is 5.65 Å². The lowest BCUT2D eigenvalue weighted by molar-refractivity contribution is 0.602. The summed E-state index contributed by atoms with van der Waals surface area (Å²) in [6, 6.07) is 20.4. The van der Waals surface area contributed by atoms with Crippen molar-refractivity contribution in [1.82, 2.24) is 9.38 Å². The van der Waals surface area contributed by atoms with Crippen LogP contribution in [-0.4, -0.2) is 30.3 Å². The molecule has 2 aromatic heterocycles. The van der Waals surface area contributed by atoms with E-state index in [0.717, 1.165) is 28.3 Å². The Bertz CT molecular complexity index is 1290. The van der Waals surface area contributed by atoms with E-state index in [1.807, 2.05) is 60.0 Å². The SMILES string of the molecule is Cc1ccc(N/N=C/c2c(-c3ccc(S(C)(=O)=O)cc3)nc3ccccn23)cc1.